The summed E-state index contributed by atoms with van der Waals surface area (Å²) in [6.45, 7) is 13.1. The molecule has 1 N–H and O–H groups in total. The van der Waals surface area contributed by atoms with E-state index in [1.54, 1.807) is 0 Å². The van der Waals surface area contributed by atoms with Crippen LogP contribution in [0.5, 0.6) is 0 Å². The summed E-state index contributed by atoms with van der Waals surface area (Å²) >= 11 is 0. The molecule has 0 aromatic carbocycles. The topological polar surface area (TPSA) is 32.3 Å². The monoisotopic (exact) mass is 254 g/mol. The molecule has 0 radical (unpaired) electrons. The summed E-state index contributed by atoms with van der Waals surface area (Å²) in [6, 6.07) is 0.972. The predicted molar refractivity (Wildman–Crippen MR) is 76.5 cm³/mol. The molecule has 2 atom stereocenters. The normalized spacial score (nSPS) is 25.7. The molecule has 1 heterocycles. The molecule has 1 rings (SSSR count). The highest BCUT2D eigenvalue weighted by atomic mass is 16.1. The number of hydrogen-bond donors (Lipinski definition) is 1. The molecule has 0 unspecified atom stereocenters. The maximum Gasteiger partial charge on any atom is 0.222 e. The fourth-order valence-corrected chi connectivity index (χ4v) is 2.48. The van der Waals surface area contributed by atoms with Crippen molar-refractivity contribution in [1.29, 1.82) is 0 Å². The third-order valence-corrected chi connectivity index (χ3v) is 3.88. The lowest BCUT2D eigenvalue weighted by Crippen LogP contribution is -2.49. The molecular weight excluding hydrogens is 224 g/mol. The van der Waals surface area contributed by atoms with Crippen molar-refractivity contribution in [3.63, 3.8) is 0 Å². The third-order valence-electron chi connectivity index (χ3n) is 3.88. The largest absolute Gasteiger partial charge is 0.353 e. The molecule has 1 saturated heterocycles. The first-order valence-electron chi connectivity index (χ1n) is 7.44. The Kier molecular flexibility index (Phi) is 6.13. The van der Waals surface area contributed by atoms with Crippen molar-refractivity contribution in [1.82, 2.24) is 10.2 Å². The molecule has 0 spiro atoms. The van der Waals surface area contributed by atoms with Crippen LogP contribution in [0.2, 0.25) is 0 Å². The highest BCUT2D eigenvalue weighted by Gasteiger charge is 2.26. The first-order valence-corrected chi connectivity index (χ1v) is 7.44. The molecule has 0 aromatic rings. The summed E-state index contributed by atoms with van der Waals surface area (Å²) in [5.41, 5.74) is 0. The first kappa shape index (κ1) is 15.5. The average molecular weight is 254 g/mol. The van der Waals surface area contributed by atoms with Crippen molar-refractivity contribution in [2.24, 2.45) is 11.8 Å². The smallest absolute Gasteiger partial charge is 0.222 e. The van der Waals surface area contributed by atoms with Crippen molar-refractivity contribution in [3.05, 3.63) is 0 Å². The zero-order chi connectivity index (χ0) is 13.7. The van der Waals surface area contributed by atoms with E-state index in [-0.39, 0.29) is 11.8 Å². The van der Waals surface area contributed by atoms with E-state index in [9.17, 15) is 4.79 Å². The fraction of sp³-hybridized carbons (Fsp3) is 0.933. The van der Waals surface area contributed by atoms with E-state index in [4.69, 9.17) is 0 Å². The Bertz CT molecular complexity index is 263. The molecule has 1 amide bonds. The van der Waals surface area contributed by atoms with E-state index >= 15 is 0 Å². The molecule has 0 aromatic heterocycles. The van der Waals surface area contributed by atoms with Crippen molar-refractivity contribution < 1.29 is 4.79 Å². The van der Waals surface area contributed by atoms with Crippen molar-refractivity contribution >= 4 is 5.91 Å². The second-order valence-electron chi connectivity index (χ2n) is 6.45. The van der Waals surface area contributed by atoms with E-state index in [1.807, 2.05) is 13.8 Å². The third kappa shape index (κ3) is 4.97. The highest BCUT2D eigenvalue weighted by molar-refractivity contribution is 5.78. The number of piperidine rings is 1. The Morgan fingerprint density at radius 1 is 1.33 bits per heavy atom. The van der Waals surface area contributed by atoms with Crippen molar-refractivity contribution in [2.75, 3.05) is 13.1 Å². The maximum atomic E-state index is 11.7. The second kappa shape index (κ2) is 7.13. The van der Waals surface area contributed by atoms with Gasteiger partial charge in [0.2, 0.25) is 5.91 Å². The van der Waals surface area contributed by atoms with E-state index < -0.39 is 0 Å². The number of amides is 1. The van der Waals surface area contributed by atoms with Crippen LogP contribution in [0.1, 0.15) is 53.9 Å². The van der Waals surface area contributed by atoms with Gasteiger partial charge in [0.1, 0.15) is 0 Å². The Hall–Kier alpha value is -0.570. The van der Waals surface area contributed by atoms with E-state index in [0.717, 1.165) is 25.3 Å². The molecule has 1 aliphatic rings. The molecule has 1 aliphatic heterocycles. The van der Waals surface area contributed by atoms with Gasteiger partial charge in [-0.15, -0.1) is 0 Å². The molecule has 3 heteroatoms. The number of nitrogens with zero attached hydrogens (tertiary/aromatic N) is 1. The van der Waals surface area contributed by atoms with Crippen LogP contribution < -0.4 is 5.32 Å². The molecule has 0 aliphatic carbocycles. The highest BCUT2D eigenvalue weighted by Crippen LogP contribution is 2.18. The van der Waals surface area contributed by atoms with Crippen LogP contribution >= 0.6 is 0 Å². The maximum absolute atomic E-state index is 11.7. The summed E-state index contributed by atoms with van der Waals surface area (Å²) in [5.74, 6) is 1.07. The van der Waals surface area contributed by atoms with Gasteiger partial charge in [0, 0.05) is 24.5 Å². The van der Waals surface area contributed by atoms with Crippen LogP contribution in [-0.2, 0) is 4.79 Å². The Morgan fingerprint density at radius 2 is 2.00 bits per heavy atom. The summed E-state index contributed by atoms with van der Waals surface area (Å²) in [4.78, 5) is 14.3. The van der Waals surface area contributed by atoms with Gasteiger partial charge in [-0.25, -0.2) is 0 Å². The van der Waals surface area contributed by atoms with Gasteiger partial charge < -0.3 is 10.2 Å². The Labute approximate surface area is 112 Å². The Balaban J connectivity index is 2.34. The molecule has 0 bridgehead atoms. The van der Waals surface area contributed by atoms with E-state index in [2.05, 4.69) is 31.0 Å². The van der Waals surface area contributed by atoms with Gasteiger partial charge >= 0.3 is 0 Å². The number of likely N-dealkylation sites (tertiary alicyclic amines) is 1. The SMILES string of the molecule is CC(C)CCN1CC[C@@H](NC(=O)C(C)C)C[C@@H]1C. The van der Waals surface area contributed by atoms with Crippen molar-refractivity contribution in [2.45, 2.75) is 66.0 Å². The minimum Gasteiger partial charge on any atom is -0.353 e. The van der Waals surface area contributed by atoms with Gasteiger partial charge in [-0.3, -0.25) is 4.79 Å². The standard InChI is InChI=1S/C15H30N2O/c1-11(2)6-8-17-9-7-14(10-13(17)5)16-15(18)12(3)4/h11-14H,6-10H2,1-5H3,(H,16,18)/t13-,14+/m0/s1. The fourth-order valence-electron chi connectivity index (χ4n) is 2.48. The quantitative estimate of drug-likeness (QED) is 0.818. The molecule has 106 valence electrons. The molecule has 3 nitrogen and oxygen atoms in total. The van der Waals surface area contributed by atoms with Crippen LogP contribution in [-0.4, -0.2) is 36.0 Å². The number of nitrogens with one attached hydrogen (secondary N) is 1. The summed E-state index contributed by atoms with van der Waals surface area (Å²) < 4.78 is 0. The first-order chi connectivity index (χ1) is 8.40. The second-order valence-corrected chi connectivity index (χ2v) is 6.45. The van der Waals surface area contributed by atoms with Crippen molar-refractivity contribution in [3.8, 4) is 0 Å². The molecule has 18 heavy (non-hydrogen) atoms. The van der Waals surface area contributed by atoms with Gasteiger partial charge in [-0.1, -0.05) is 27.7 Å². The van der Waals surface area contributed by atoms with Gasteiger partial charge in [-0.2, -0.15) is 0 Å². The minimum absolute atomic E-state index is 0.0966. The predicted octanol–water partition coefficient (Wildman–Crippen LogP) is 2.66. The van der Waals surface area contributed by atoms with Crippen LogP contribution in [0, 0.1) is 11.8 Å². The molecule has 0 saturated carbocycles. The molecule has 1 fully saturated rings. The summed E-state index contributed by atoms with van der Waals surface area (Å²) in [5, 5.41) is 3.17. The van der Waals surface area contributed by atoms with E-state index in [1.165, 1.54) is 13.0 Å². The lowest BCUT2D eigenvalue weighted by atomic mass is 9.96. The van der Waals surface area contributed by atoms with Crippen LogP contribution in [0.15, 0.2) is 0 Å². The van der Waals surface area contributed by atoms with E-state index in [0.29, 0.717) is 12.1 Å². The average Bonchev–Trinajstić information content (AvgIpc) is 2.27. The lowest BCUT2D eigenvalue weighted by Gasteiger charge is -2.38. The lowest BCUT2D eigenvalue weighted by molar-refractivity contribution is -0.125. The van der Waals surface area contributed by atoms with Crippen LogP contribution in [0.25, 0.3) is 0 Å². The van der Waals surface area contributed by atoms with Crippen LogP contribution in [0.4, 0.5) is 0 Å². The number of hydrogen-bond acceptors (Lipinski definition) is 2. The Morgan fingerprint density at radius 3 is 2.50 bits per heavy atom. The summed E-state index contributed by atoms with van der Waals surface area (Å²) in [6.07, 6.45) is 3.46. The van der Waals surface area contributed by atoms with Gasteiger partial charge in [0.25, 0.3) is 0 Å². The minimum atomic E-state index is 0.0966. The zero-order valence-corrected chi connectivity index (χ0v) is 12.7. The summed E-state index contributed by atoms with van der Waals surface area (Å²) in [7, 11) is 0. The van der Waals surface area contributed by atoms with Crippen LogP contribution in [0.3, 0.4) is 0 Å². The number of carbonyl (C=O) groups is 1. The van der Waals surface area contributed by atoms with Gasteiger partial charge in [-0.05, 0) is 38.6 Å². The zero-order valence-electron chi connectivity index (χ0n) is 12.7. The number of carbonyl (C=O) groups excluding carboxylic acids is 1. The molecular formula is C15H30N2O. The number of rotatable bonds is 5. The van der Waals surface area contributed by atoms with Gasteiger partial charge in [0.05, 0.1) is 0 Å². The van der Waals surface area contributed by atoms with Gasteiger partial charge in [0.15, 0.2) is 0 Å².